The zero-order valence-corrected chi connectivity index (χ0v) is 10.8. The Labute approximate surface area is 107 Å². The van der Waals surface area contributed by atoms with Crippen LogP contribution in [0.2, 0.25) is 0 Å². The van der Waals surface area contributed by atoms with Gasteiger partial charge in [0.05, 0.1) is 0 Å². The molecule has 0 spiro atoms. The second kappa shape index (κ2) is 6.96. The zero-order chi connectivity index (χ0) is 11.3. The van der Waals surface area contributed by atoms with Gasteiger partial charge in [-0.05, 0) is 12.1 Å². The van der Waals surface area contributed by atoms with Crippen LogP contribution >= 0.6 is 0 Å². The predicted octanol–water partition coefficient (Wildman–Crippen LogP) is -1.98. The van der Waals surface area contributed by atoms with E-state index in [4.69, 9.17) is 20.8 Å². The zero-order valence-electron chi connectivity index (χ0n) is 7.96. The summed E-state index contributed by atoms with van der Waals surface area (Å²) in [4.78, 5) is 0. The first-order valence-corrected chi connectivity index (χ1v) is 7.15. The molecule has 93 valence electrons. The molecule has 1 aromatic carbocycles. The van der Waals surface area contributed by atoms with E-state index in [1.165, 1.54) is 5.56 Å². The largest absolute Gasteiger partial charge is 0 e. The minimum Gasteiger partial charge on any atom is 0 e. The van der Waals surface area contributed by atoms with Crippen molar-refractivity contribution in [1.29, 1.82) is 0 Å². The Kier molecular flexibility index (Phi) is 6.75. The van der Waals surface area contributed by atoms with Crippen LogP contribution in [0.4, 0.5) is 0 Å². The molecule has 2 rings (SSSR count). The Morgan fingerprint density at radius 1 is 1.19 bits per heavy atom. The minimum atomic E-state index is -5.88. The molecular formula is C9H8AsCuO5-3. The van der Waals surface area contributed by atoms with Crippen LogP contribution in [-0.4, -0.2) is 21.1 Å². The van der Waals surface area contributed by atoms with E-state index in [-0.39, 0.29) is 17.1 Å². The molecule has 1 aliphatic heterocycles. The summed E-state index contributed by atoms with van der Waals surface area (Å²) >= 11 is -5.88. The maximum atomic E-state index is 8.61. The molecule has 0 unspecified atom stereocenters. The van der Waals surface area contributed by atoms with E-state index in [9.17, 15) is 0 Å². The molecule has 0 aromatic heterocycles. The van der Waals surface area contributed by atoms with Crippen molar-refractivity contribution in [3.05, 3.63) is 35.9 Å². The molecule has 0 N–H and O–H groups in total. The monoisotopic (exact) mass is 334 g/mol. The van der Waals surface area contributed by atoms with Crippen molar-refractivity contribution in [1.82, 2.24) is 0 Å². The van der Waals surface area contributed by atoms with Crippen LogP contribution < -0.4 is 17.0 Å². The Balaban J connectivity index is 0.000000330. The Morgan fingerprint density at radius 3 is 2.31 bits per heavy atom. The number of hydrogen-bond donors (Lipinski definition) is 0. The van der Waals surface area contributed by atoms with Gasteiger partial charge in [0.25, 0.3) is 0 Å². The number of fused-ring (bicyclic) bond motifs is 1. The average Bonchev–Trinajstić information content (AvgIpc) is 2.16. The number of ether oxygens (including phenoxy) is 1. The van der Waals surface area contributed by atoms with Gasteiger partial charge in [0.1, 0.15) is 12.4 Å². The molecule has 1 radical (unpaired) electrons. The van der Waals surface area contributed by atoms with Crippen LogP contribution in [0.25, 0.3) is 6.08 Å². The second-order valence-corrected chi connectivity index (χ2v) is 4.57. The van der Waals surface area contributed by atoms with E-state index in [2.05, 4.69) is 6.08 Å². The van der Waals surface area contributed by atoms with Crippen LogP contribution in [0.5, 0.6) is 5.75 Å². The summed E-state index contributed by atoms with van der Waals surface area (Å²) in [7, 11) is 0. The summed E-state index contributed by atoms with van der Waals surface area (Å²) in [6, 6.07) is 8.03. The van der Waals surface area contributed by atoms with Crippen LogP contribution in [-0.2, 0) is 20.8 Å². The summed E-state index contributed by atoms with van der Waals surface area (Å²) in [6.45, 7) is 0.705. The summed E-state index contributed by atoms with van der Waals surface area (Å²) < 4.78 is 39.8. The van der Waals surface area contributed by atoms with Gasteiger partial charge < -0.3 is 4.74 Å². The molecule has 0 aliphatic carbocycles. The van der Waals surface area contributed by atoms with Crippen molar-refractivity contribution in [2.75, 3.05) is 6.61 Å². The molecule has 7 heteroatoms. The number of para-hydroxylation sites is 1. The third kappa shape index (κ3) is 6.90. The molecule has 1 aliphatic rings. The molecule has 0 bridgehead atoms. The molecule has 1 aromatic rings. The third-order valence-corrected chi connectivity index (χ3v) is 1.55. The second-order valence-electron chi connectivity index (χ2n) is 2.70. The van der Waals surface area contributed by atoms with Gasteiger partial charge in [0.2, 0.25) is 0 Å². The number of hydrogen-bond acceptors (Lipinski definition) is 5. The normalized spacial score (nSPS) is 12.4. The summed E-state index contributed by atoms with van der Waals surface area (Å²) in [6.07, 6.45) is 4.10. The first-order chi connectivity index (χ1) is 6.97. The molecule has 0 fully saturated rings. The standard InChI is InChI=1S/C9H8O.AsH3O4.Cu/c1-2-6-9-8(4-1)5-3-7-10-9;2-1(3,4)5;/h1-6H,7H2;(H3,2,3,4,5);/p-3. The van der Waals surface area contributed by atoms with E-state index >= 15 is 0 Å². The fourth-order valence-electron chi connectivity index (χ4n) is 1.06. The van der Waals surface area contributed by atoms with E-state index in [0.717, 1.165) is 5.75 Å². The summed E-state index contributed by atoms with van der Waals surface area (Å²) in [5, 5.41) is 0. The molecule has 5 nitrogen and oxygen atoms in total. The number of rotatable bonds is 0. The topological polar surface area (TPSA) is 95.5 Å². The minimum absolute atomic E-state index is 0. The van der Waals surface area contributed by atoms with Crippen molar-refractivity contribution < 1.29 is 37.8 Å². The van der Waals surface area contributed by atoms with E-state index in [1.807, 2.05) is 30.3 Å². The van der Waals surface area contributed by atoms with Crippen molar-refractivity contribution >= 4 is 20.6 Å². The molecule has 0 saturated heterocycles. The summed E-state index contributed by atoms with van der Waals surface area (Å²) in [5.74, 6) is 0.991. The molecule has 0 amide bonds. The fraction of sp³-hybridized carbons (Fsp3) is 0.111. The fourth-order valence-corrected chi connectivity index (χ4v) is 1.06. The third-order valence-electron chi connectivity index (χ3n) is 1.55. The summed E-state index contributed by atoms with van der Waals surface area (Å²) in [5.41, 5.74) is 1.17. The number of benzene rings is 1. The SMILES string of the molecule is C1=Cc2ccccc2OC1.O=[As]([O-])([O-])[O-].[Cu]. The molecule has 0 atom stereocenters. The van der Waals surface area contributed by atoms with Gasteiger partial charge in [-0.2, -0.15) is 0 Å². The Morgan fingerprint density at radius 2 is 1.75 bits per heavy atom. The molecule has 16 heavy (non-hydrogen) atoms. The van der Waals surface area contributed by atoms with Gasteiger partial charge in [-0.25, -0.2) is 0 Å². The first kappa shape index (κ1) is 15.5. The van der Waals surface area contributed by atoms with Crippen molar-refractivity contribution in [2.24, 2.45) is 0 Å². The predicted molar refractivity (Wildman–Crippen MR) is 47.4 cm³/mol. The van der Waals surface area contributed by atoms with Gasteiger partial charge >= 0.3 is 30.5 Å². The molecule has 0 saturated carbocycles. The van der Waals surface area contributed by atoms with Crippen molar-refractivity contribution in [3.8, 4) is 5.75 Å². The van der Waals surface area contributed by atoms with Crippen molar-refractivity contribution in [2.45, 2.75) is 0 Å². The molecule has 1 heterocycles. The van der Waals surface area contributed by atoms with Gasteiger partial charge in [0, 0.05) is 22.6 Å². The quantitative estimate of drug-likeness (QED) is 0.513. The molecular weight excluding hydrogens is 327 g/mol. The first-order valence-electron chi connectivity index (χ1n) is 4.08. The van der Waals surface area contributed by atoms with E-state index in [0.29, 0.717) is 6.61 Å². The Bertz CT molecular complexity index is 392. The maximum absolute atomic E-state index is 8.61. The van der Waals surface area contributed by atoms with E-state index < -0.39 is 14.5 Å². The van der Waals surface area contributed by atoms with Crippen LogP contribution in [0.3, 0.4) is 0 Å². The average molecular weight is 335 g/mol. The van der Waals surface area contributed by atoms with Gasteiger partial charge in [0.15, 0.2) is 0 Å². The van der Waals surface area contributed by atoms with Gasteiger partial charge in [-0.15, -0.1) is 0 Å². The maximum Gasteiger partial charge on any atom is 0 e. The van der Waals surface area contributed by atoms with Crippen LogP contribution in [0.1, 0.15) is 5.56 Å². The van der Waals surface area contributed by atoms with Crippen LogP contribution in [0.15, 0.2) is 30.3 Å². The van der Waals surface area contributed by atoms with Crippen molar-refractivity contribution in [3.63, 3.8) is 0 Å². The van der Waals surface area contributed by atoms with E-state index in [1.54, 1.807) is 0 Å². The Hall–Kier alpha value is -0.482. The van der Waals surface area contributed by atoms with Crippen LogP contribution in [0, 0.1) is 0 Å². The smallest absolute Gasteiger partial charge is 0 e. The van der Waals surface area contributed by atoms with Gasteiger partial charge in [-0.3, -0.25) is 0 Å². The van der Waals surface area contributed by atoms with Gasteiger partial charge in [-0.1, -0.05) is 24.3 Å².